The Balaban J connectivity index is 0.000000385. The van der Waals surface area contributed by atoms with Gasteiger partial charge in [-0.05, 0) is 12.1 Å². The van der Waals surface area contributed by atoms with Crippen LogP contribution in [-0.2, 0) is 10.4 Å². The SMILES string of the molecule is NNc1ccc([N+](=O)[O-])cc1.O=S(=O)([O-])[O-]. The van der Waals surface area contributed by atoms with Gasteiger partial charge in [0.1, 0.15) is 0 Å². The average molecular weight is 249 g/mol. The van der Waals surface area contributed by atoms with Gasteiger partial charge in [-0.25, -0.2) is 0 Å². The Hall–Kier alpha value is -1.75. The van der Waals surface area contributed by atoms with E-state index >= 15 is 0 Å². The number of hydrazine groups is 1. The maximum absolute atomic E-state index is 10.2. The smallest absolute Gasteiger partial charge is 0.269 e. The molecule has 0 spiro atoms. The van der Waals surface area contributed by atoms with Crippen molar-refractivity contribution in [1.29, 1.82) is 0 Å². The van der Waals surface area contributed by atoms with E-state index < -0.39 is 15.3 Å². The molecule has 0 saturated heterocycles. The lowest BCUT2D eigenvalue weighted by Crippen LogP contribution is -2.06. The lowest BCUT2D eigenvalue weighted by molar-refractivity contribution is -0.384. The summed E-state index contributed by atoms with van der Waals surface area (Å²) in [5, 5.41) is 10.2. The molecule has 1 rings (SSSR count). The highest BCUT2D eigenvalue weighted by Crippen LogP contribution is 2.13. The number of nitrogen functional groups attached to an aromatic ring is 1. The maximum atomic E-state index is 10.2. The number of anilines is 1. The van der Waals surface area contributed by atoms with Crippen molar-refractivity contribution in [2.45, 2.75) is 0 Å². The highest BCUT2D eigenvalue weighted by atomic mass is 32.3. The Labute approximate surface area is 90.6 Å². The van der Waals surface area contributed by atoms with Gasteiger partial charge in [-0.15, -0.1) is 0 Å². The number of hydrogen-bond acceptors (Lipinski definition) is 8. The number of nitro benzene ring substituents is 1. The number of hydrogen-bond donors (Lipinski definition) is 2. The number of nitrogens with two attached hydrogens (primary N) is 1. The van der Waals surface area contributed by atoms with Crippen molar-refractivity contribution in [2.75, 3.05) is 5.43 Å². The van der Waals surface area contributed by atoms with Gasteiger partial charge in [0.15, 0.2) is 0 Å². The lowest BCUT2D eigenvalue weighted by atomic mass is 10.3. The monoisotopic (exact) mass is 249 g/mol. The van der Waals surface area contributed by atoms with Gasteiger partial charge in [0.25, 0.3) is 5.69 Å². The topological polar surface area (TPSA) is 161 Å². The van der Waals surface area contributed by atoms with Gasteiger partial charge in [-0.3, -0.25) is 24.4 Å². The van der Waals surface area contributed by atoms with Crippen LogP contribution in [0.5, 0.6) is 0 Å². The minimum absolute atomic E-state index is 0.0593. The molecule has 1 aromatic carbocycles. The van der Waals surface area contributed by atoms with Crippen molar-refractivity contribution in [3.05, 3.63) is 34.4 Å². The molecule has 0 bridgehead atoms. The summed E-state index contributed by atoms with van der Waals surface area (Å²) in [6, 6.07) is 5.85. The van der Waals surface area contributed by atoms with Crippen LogP contribution in [0, 0.1) is 10.1 Å². The predicted molar refractivity (Wildman–Crippen MR) is 51.4 cm³/mol. The molecule has 0 saturated carbocycles. The van der Waals surface area contributed by atoms with Crippen LogP contribution in [0.3, 0.4) is 0 Å². The molecule has 0 atom stereocenters. The number of nitrogens with one attached hydrogen (secondary N) is 1. The van der Waals surface area contributed by atoms with E-state index in [-0.39, 0.29) is 5.69 Å². The first-order valence-electron chi connectivity index (χ1n) is 3.62. The molecular formula is C6H7N3O6S-2. The fraction of sp³-hybridized carbons (Fsp3) is 0. The van der Waals surface area contributed by atoms with E-state index in [1.807, 2.05) is 0 Å². The molecule has 10 heteroatoms. The first-order valence-corrected chi connectivity index (χ1v) is 4.95. The van der Waals surface area contributed by atoms with Crippen LogP contribution in [0.4, 0.5) is 11.4 Å². The van der Waals surface area contributed by atoms with Gasteiger partial charge in [0.2, 0.25) is 0 Å². The second kappa shape index (κ2) is 5.97. The third-order valence-corrected chi connectivity index (χ3v) is 1.24. The van der Waals surface area contributed by atoms with Crippen LogP contribution in [0.25, 0.3) is 0 Å². The summed E-state index contributed by atoms with van der Waals surface area (Å²) in [7, 11) is -5.17. The van der Waals surface area contributed by atoms with E-state index in [0.717, 1.165) is 0 Å². The number of nitrogens with zero attached hydrogens (tertiary/aromatic N) is 1. The van der Waals surface area contributed by atoms with E-state index in [0.29, 0.717) is 5.69 Å². The van der Waals surface area contributed by atoms with Crippen LogP contribution < -0.4 is 11.3 Å². The Morgan fingerprint density at radius 2 is 1.56 bits per heavy atom. The molecular weight excluding hydrogens is 242 g/mol. The molecule has 0 unspecified atom stereocenters. The summed E-state index contributed by atoms with van der Waals surface area (Å²) in [4.78, 5) is 9.70. The van der Waals surface area contributed by atoms with E-state index in [4.69, 9.17) is 23.4 Å². The molecule has 0 aliphatic rings. The predicted octanol–water partition coefficient (Wildman–Crippen LogP) is -0.458. The molecule has 9 nitrogen and oxygen atoms in total. The molecule has 0 aromatic heterocycles. The largest absolute Gasteiger partial charge is 0.759 e. The summed E-state index contributed by atoms with van der Waals surface area (Å²) in [6.07, 6.45) is 0. The van der Waals surface area contributed by atoms with Gasteiger partial charge >= 0.3 is 0 Å². The third-order valence-electron chi connectivity index (χ3n) is 1.24. The van der Waals surface area contributed by atoms with Crippen molar-refractivity contribution in [3.63, 3.8) is 0 Å². The van der Waals surface area contributed by atoms with E-state index in [1.54, 1.807) is 0 Å². The highest BCUT2D eigenvalue weighted by Gasteiger charge is 2.01. The summed E-state index contributed by atoms with van der Waals surface area (Å²) in [5.41, 5.74) is 3.08. The molecule has 16 heavy (non-hydrogen) atoms. The lowest BCUT2D eigenvalue weighted by Gasteiger charge is -2.06. The molecule has 90 valence electrons. The summed E-state index contributed by atoms with van der Waals surface area (Å²) >= 11 is 0. The number of benzene rings is 1. The average Bonchev–Trinajstić information content (AvgIpc) is 2.15. The Morgan fingerprint density at radius 3 is 1.81 bits per heavy atom. The van der Waals surface area contributed by atoms with Crippen molar-refractivity contribution in [2.24, 2.45) is 5.84 Å². The van der Waals surface area contributed by atoms with Crippen LogP contribution in [0.1, 0.15) is 0 Å². The first-order chi connectivity index (χ1) is 7.24. The van der Waals surface area contributed by atoms with Crippen molar-refractivity contribution in [1.82, 2.24) is 0 Å². The molecule has 0 radical (unpaired) electrons. The van der Waals surface area contributed by atoms with Crippen LogP contribution in [-0.4, -0.2) is 22.4 Å². The van der Waals surface area contributed by atoms with Gasteiger partial charge in [-0.2, -0.15) is 0 Å². The number of non-ortho nitro benzene ring substituents is 1. The normalized spacial score (nSPS) is 9.94. The second-order valence-corrected chi connectivity index (χ2v) is 3.17. The zero-order valence-corrected chi connectivity index (χ0v) is 8.51. The standard InChI is InChI=1S/C6H7N3O2.H2O4S/c7-8-5-1-3-6(4-2-5)9(10)11;1-5(2,3)4/h1-4,8H,7H2;(H2,1,2,3,4)/p-2. The second-order valence-electron chi connectivity index (χ2n) is 2.36. The first kappa shape index (κ1) is 14.2. The van der Waals surface area contributed by atoms with E-state index in [1.165, 1.54) is 24.3 Å². The van der Waals surface area contributed by atoms with Crippen LogP contribution in [0.15, 0.2) is 24.3 Å². The Kier molecular flexibility index (Phi) is 5.32. The third kappa shape index (κ3) is 7.64. The van der Waals surface area contributed by atoms with E-state index in [9.17, 15) is 10.1 Å². The van der Waals surface area contributed by atoms with Crippen molar-refractivity contribution < 1.29 is 22.4 Å². The fourth-order valence-electron chi connectivity index (χ4n) is 0.679. The number of rotatable bonds is 2. The van der Waals surface area contributed by atoms with Crippen molar-refractivity contribution >= 4 is 21.8 Å². The molecule has 0 aliphatic heterocycles. The zero-order chi connectivity index (χ0) is 12.8. The maximum Gasteiger partial charge on any atom is 0.269 e. The Morgan fingerprint density at radius 1 is 1.19 bits per heavy atom. The molecule has 0 aliphatic carbocycles. The summed E-state index contributed by atoms with van der Waals surface area (Å²) < 4.78 is 34.1. The molecule has 0 heterocycles. The minimum Gasteiger partial charge on any atom is -0.759 e. The summed E-state index contributed by atoms with van der Waals surface area (Å²) in [5.74, 6) is 5.06. The Bertz CT molecular complexity index is 434. The van der Waals surface area contributed by atoms with Gasteiger partial charge in [0.05, 0.1) is 4.92 Å². The van der Waals surface area contributed by atoms with Gasteiger partial charge < -0.3 is 14.5 Å². The van der Waals surface area contributed by atoms with Crippen LogP contribution >= 0.6 is 0 Å². The van der Waals surface area contributed by atoms with Gasteiger partial charge in [-0.1, -0.05) is 0 Å². The number of nitro groups is 1. The van der Waals surface area contributed by atoms with Crippen LogP contribution in [0.2, 0.25) is 0 Å². The van der Waals surface area contributed by atoms with Gasteiger partial charge in [0, 0.05) is 28.2 Å². The molecule has 1 aromatic rings. The molecule has 0 fully saturated rings. The minimum atomic E-state index is -5.17. The van der Waals surface area contributed by atoms with Crippen molar-refractivity contribution in [3.8, 4) is 0 Å². The zero-order valence-electron chi connectivity index (χ0n) is 7.69. The van der Waals surface area contributed by atoms with E-state index in [2.05, 4.69) is 5.43 Å². The highest BCUT2D eigenvalue weighted by molar-refractivity contribution is 7.79. The quantitative estimate of drug-likeness (QED) is 0.234. The molecule has 3 N–H and O–H groups in total. The molecule has 0 amide bonds. The summed E-state index contributed by atoms with van der Waals surface area (Å²) in [6.45, 7) is 0. The fourth-order valence-corrected chi connectivity index (χ4v) is 0.679.